The van der Waals surface area contributed by atoms with Crippen LogP contribution < -0.4 is 0 Å². The lowest BCUT2D eigenvalue weighted by atomic mass is 9.38. The summed E-state index contributed by atoms with van der Waals surface area (Å²) >= 11 is 0. The number of ether oxygens (including phenoxy) is 2. The normalized spacial score (nSPS) is 53.0. The van der Waals surface area contributed by atoms with Crippen molar-refractivity contribution in [1.29, 1.82) is 0 Å². The topological polar surface area (TPSA) is 85.4 Å². The molecule has 10 unspecified atom stereocenters. The number of carbonyl (C=O) groups excluding carboxylic acids is 2. The van der Waals surface area contributed by atoms with Crippen LogP contribution in [0.25, 0.3) is 0 Å². The number of ketones is 1. The first-order valence-electron chi connectivity index (χ1n) is 13.8. The summed E-state index contributed by atoms with van der Waals surface area (Å²) in [6.07, 6.45) is 10.8. The molecule has 2 heterocycles. The van der Waals surface area contributed by atoms with Crippen molar-refractivity contribution in [2.24, 2.45) is 39.9 Å². The minimum absolute atomic E-state index is 0.00387. The Morgan fingerprint density at radius 1 is 1.17 bits per heavy atom. The molecule has 2 aliphatic heterocycles. The van der Waals surface area contributed by atoms with E-state index in [9.17, 15) is 9.59 Å². The molecule has 4 aliphatic carbocycles. The van der Waals surface area contributed by atoms with E-state index >= 15 is 0 Å². The molecular formula is C29H42O6. The van der Waals surface area contributed by atoms with E-state index in [-0.39, 0.29) is 34.7 Å². The number of fused-ring (bicyclic) bond motifs is 1. The number of hydrogen-bond acceptors (Lipinski definition) is 6. The molecule has 0 amide bonds. The summed E-state index contributed by atoms with van der Waals surface area (Å²) in [6, 6.07) is 0. The van der Waals surface area contributed by atoms with Crippen LogP contribution in [0.4, 0.5) is 0 Å². The first-order chi connectivity index (χ1) is 16.4. The van der Waals surface area contributed by atoms with E-state index in [1.54, 1.807) is 0 Å². The highest BCUT2D eigenvalue weighted by atomic mass is 17.1. The molecule has 35 heavy (non-hydrogen) atoms. The Morgan fingerprint density at radius 2 is 1.91 bits per heavy atom. The Bertz CT molecular complexity index is 1000. The fourth-order valence-corrected chi connectivity index (χ4v) is 10.5. The average molecular weight is 487 g/mol. The second-order valence-corrected chi connectivity index (χ2v) is 13.9. The van der Waals surface area contributed by atoms with Gasteiger partial charge in [0.05, 0.1) is 6.10 Å². The first kappa shape index (κ1) is 24.1. The van der Waals surface area contributed by atoms with Crippen LogP contribution in [0.2, 0.25) is 0 Å². The van der Waals surface area contributed by atoms with Crippen LogP contribution in [0.3, 0.4) is 0 Å². The second-order valence-electron chi connectivity index (χ2n) is 13.9. The predicted molar refractivity (Wildman–Crippen MR) is 129 cm³/mol. The Kier molecular flexibility index (Phi) is 4.82. The maximum Gasteiger partial charge on any atom is 0.316 e. The summed E-state index contributed by atoms with van der Waals surface area (Å²) in [5.41, 5.74) is -2.80. The van der Waals surface area contributed by atoms with Crippen LogP contribution in [-0.2, 0) is 24.0 Å². The Balaban J connectivity index is 1.36. The van der Waals surface area contributed by atoms with Gasteiger partial charge in [-0.25, -0.2) is 4.89 Å². The maximum atomic E-state index is 14.1. The van der Waals surface area contributed by atoms with E-state index in [4.69, 9.17) is 14.7 Å². The van der Waals surface area contributed by atoms with Gasteiger partial charge in [-0.1, -0.05) is 39.8 Å². The average Bonchev–Trinajstić information content (AvgIpc) is 3.40. The van der Waals surface area contributed by atoms with Gasteiger partial charge in [-0.3, -0.25) is 14.8 Å². The monoisotopic (exact) mass is 486 g/mol. The highest BCUT2D eigenvalue weighted by molar-refractivity contribution is 5.88. The predicted octanol–water partition coefficient (Wildman–Crippen LogP) is 5.49. The fourth-order valence-electron chi connectivity index (χ4n) is 10.5. The summed E-state index contributed by atoms with van der Waals surface area (Å²) in [7, 11) is 0. The third-order valence-electron chi connectivity index (χ3n) is 12.4. The Hall–Kier alpha value is -1.24. The van der Waals surface area contributed by atoms with Gasteiger partial charge in [-0.15, -0.1) is 0 Å². The summed E-state index contributed by atoms with van der Waals surface area (Å²) in [4.78, 5) is 31.4. The molecule has 0 radical (unpaired) electrons. The Labute approximate surface area is 209 Å². The molecule has 10 atom stereocenters. The van der Waals surface area contributed by atoms with Crippen molar-refractivity contribution >= 4 is 11.8 Å². The molecule has 2 bridgehead atoms. The first-order valence-corrected chi connectivity index (χ1v) is 13.8. The summed E-state index contributed by atoms with van der Waals surface area (Å²) in [5.74, 6) is 1.34. The van der Waals surface area contributed by atoms with Gasteiger partial charge in [-0.05, 0) is 82.0 Å². The molecular weight excluding hydrogens is 444 g/mol. The van der Waals surface area contributed by atoms with Crippen molar-refractivity contribution in [2.75, 3.05) is 0 Å². The zero-order chi connectivity index (χ0) is 25.2. The van der Waals surface area contributed by atoms with Gasteiger partial charge in [-0.2, -0.15) is 0 Å². The van der Waals surface area contributed by atoms with Crippen LogP contribution in [0.1, 0.15) is 92.9 Å². The van der Waals surface area contributed by atoms with E-state index in [0.29, 0.717) is 24.0 Å². The smallest absolute Gasteiger partial charge is 0.316 e. The lowest BCUT2D eigenvalue weighted by Crippen LogP contribution is -2.71. The van der Waals surface area contributed by atoms with Crippen molar-refractivity contribution in [3.8, 4) is 0 Å². The number of carbonyl (C=O) groups is 2. The minimum Gasteiger partial charge on any atom is -0.455 e. The standard InChI is InChI=1S/C29H42O6/c1-17(8-7-11-24(3,4)35-32)19-9-13-27-23(31)34-28(15-14-25(19,27)5)26(6)12-10-21(30)18(2)20(26)16-22-29(27,28)33-22/h7,11,17-20,22,32H,8-10,12-16H2,1-6H3. The number of esters is 1. The molecule has 6 fully saturated rings. The van der Waals surface area contributed by atoms with Gasteiger partial charge in [0.1, 0.15) is 16.8 Å². The van der Waals surface area contributed by atoms with Gasteiger partial charge >= 0.3 is 5.97 Å². The quantitative estimate of drug-likeness (QED) is 0.182. The Morgan fingerprint density at radius 3 is 2.63 bits per heavy atom. The zero-order valence-electron chi connectivity index (χ0n) is 22.2. The number of allylic oxidation sites excluding steroid dienone is 1. The lowest BCUT2D eigenvalue weighted by molar-refractivity contribution is -0.297. The SMILES string of the molecule is CC(CC=CC(C)(C)OO)C1CCC23C(=O)OC4(CCC12C)C1(C)CCC(=O)C(C)C1CC1OC143. The van der Waals surface area contributed by atoms with E-state index in [0.717, 1.165) is 44.9 Å². The molecule has 0 aromatic rings. The van der Waals surface area contributed by atoms with Crippen molar-refractivity contribution < 1.29 is 29.2 Å². The van der Waals surface area contributed by atoms with Crippen LogP contribution in [-0.4, -0.2) is 39.9 Å². The molecule has 6 heteroatoms. The molecule has 1 N–H and O–H groups in total. The molecule has 2 saturated heterocycles. The molecule has 194 valence electrons. The van der Waals surface area contributed by atoms with E-state index in [1.165, 1.54) is 0 Å². The van der Waals surface area contributed by atoms with Crippen LogP contribution in [0, 0.1) is 39.9 Å². The molecule has 6 nitrogen and oxygen atoms in total. The van der Waals surface area contributed by atoms with E-state index in [1.807, 2.05) is 19.9 Å². The van der Waals surface area contributed by atoms with Gasteiger partial charge < -0.3 is 9.47 Å². The van der Waals surface area contributed by atoms with E-state index in [2.05, 4.69) is 38.7 Å². The van der Waals surface area contributed by atoms with Crippen LogP contribution >= 0.6 is 0 Å². The number of hydrogen-bond donors (Lipinski definition) is 1. The number of Topliss-reactive ketones (excluding diaryl/α,β-unsaturated/α-hetero) is 1. The van der Waals surface area contributed by atoms with Crippen molar-refractivity contribution in [2.45, 2.75) is 116 Å². The number of epoxide rings is 1. The third-order valence-corrected chi connectivity index (χ3v) is 12.4. The second kappa shape index (κ2) is 6.99. The van der Waals surface area contributed by atoms with Gasteiger partial charge in [0, 0.05) is 17.8 Å². The van der Waals surface area contributed by atoms with Crippen molar-refractivity contribution in [1.82, 2.24) is 0 Å². The molecule has 4 saturated carbocycles. The molecule has 2 spiro atoms. The lowest BCUT2D eigenvalue weighted by Gasteiger charge is -2.62. The van der Waals surface area contributed by atoms with Gasteiger partial charge in [0.15, 0.2) is 11.2 Å². The van der Waals surface area contributed by atoms with Crippen LogP contribution in [0.5, 0.6) is 0 Å². The molecule has 0 aromatic carbocycles. The van der Waals surface area contributed by atoms with Crippen LogP contribution in [0.15, 0.2) is 12.2 Å². The minimum atomic E-state index is -0.707. The van der Waals surface area contributed by atoms with E-state index < -0.39 is 22.2 Å². The largest absolute Gasteiger partial charge is 0.455 e. The number of rotatable bonds is 5. The maximum absolute atomic E-state index is 14.1. The summed E-state index contributed by atoms with van der Waals surface area (Å²) < 4.78 is 13.5. The summed E-state index contributed by atoms with van der Waals surface area (Å²) in [6.45, 7) is 12.7. The fraction of sp³-hybridized carbons (Fsp3) is 0.862. The van der Waals surface area contributed by atoms with Crippen molar-refractivity contribution in [3.63, 3.8) is 0 Å². The summed E-state index contributed by atoms with van der Waals surface area (Å²) in [5, 5.41) is 9.11. The zero-order valence-corrected chi connectivity index (χ0v) is 22.2. The molecule has 6 rings (SSSR count). The molecule has 6 aliphatic rings. The van der Waals surface area contributed by atoms with Gasteiger partial charge in [0.2, 0.25) is 0 Å². The molecule has 0 aromatic heterocycles. The van der Waals surface area contributed by atoms with Crippen molar-refractivity contribution in [3.05, 3.63) is 12.2 Å². The van der Waals surface area contributed by atoms with Gasteiger partial charge in [0.25, 0.3) is 0 Å². The third kappa shape index (κ3) is 2.48. The highest BCUT2D eigenvalue weighted by Crippen LogP contribution is 2.86. The highest BCUT2D eigenvalue weighted by Gasteiger charge is 2.97.